The molecule has 3 N–H and O–H groups in total. The number of hydrogen-bond donors (Lipinski definition) is 2. The zero-order valence-electron chi connectivity index (χ0n) is 12.6. The largest absolute Gasteiger partial charge is 0.489 e. The molecule has 0 aliphatic heterocycles. The average Bonchev–Trinajstić information content (AvgIpc) is 2.51. The van der Waals surface area contributed by atoms with Crippen LogP contribution in [0.15, 0.2) is 42.5 Å². The third-order valence-electron chi connectivity index (χ3n) is 2.84. The third kappa shape index (κ3) is 3.60. The van der Waals surface area contributed by atoms with Gasteiger partial charge in [0.1, 0.15) is 18.1 Å². The first-order valence-corrected chi connectivity index (χ1v) is 6.74. The van der Waals surface area contributed by atoms with E-state index in [0.29, 0.717) is 18.1 Å². The molecule has 0 atom stereocenters. The van der Waals surface area contributed by atoms with Crippen LogP contribution in [0.4, 0.5) is 5.95 Å². The molecule has 2 rings (SSSR count). The van der Waals surface area contributed by atoms with E-state index in [2.05, 4.69) is 21.9 Å². The van der Waals surface area contributed by atoms with Gasteiger partial charge in [0.15, 0.2) is 0 Å². The van der Waals surface area contributed by atoms with Gasteiger partial charge in [0.25, 0.3) is 5.91 Å². The summed E-state index contributed by atoms with van der Waals surface area (Å²) in [7, 11) is 1.53. The van der Waals surface area contributed by atoms with E-state index >= 15 is 0 Å². The molecule has 1 aromatic heterocycles. The molecule has 1 heterocycles. The van der Waals surface area contributed by atoms with Crippen LogP contribution < -0.4 is 15.8 Å². The van der Waals surface area contributed by atoms with Crippen LogP contribution in [0.1, 0.15) is 17.4 Å². The number of hydrogen-bond acceptors (Lipinski definition) is 5. The highest BCUT2D eigenvalue weighted by Crippen LogP contribution is 2.29. The Balaban J connectivity index is 2.45. The number of anilines is 1. The van der Waals surface area contributed by atoms with Crippen LogP contribution in [0.25, 0.3) is 11.3 Å². The number of aromatic nitrogens is 2. The van der Waals surface area contributed by atoms with E-state index in [9.17, 15) is 4.79 Å². The molecule has 0 saturated heterocycles. The second kappa shape index (κ2) is 6.71. The first-order chi connectivity index (χ1) is 10.5. The Morgan fingerprint density at radius 3 is 2.77 bits per heavy atom. The Bertz CT molecular complexity index is 713. The summed E-state index contributed by atoms with van der Waals surface area (Å²) < 4.78 is 5.72. The lowest BCUT2D eigenvalue weighted by molar-refractivity contribution is 0.0958. The lowest BCUT2D eigenvalue weighted by Gasteiger charge is -2.12. The molecule has 22 heavy (non-hydrogen) atoms. The summed E-state index contributed by atoms with van der Waals surface area (Å²) in [5.41, 5.74) is 8.09. The van der Waals surface area contributed by atoms with Gasteiger partial charge < -0.3 is 15.8 Å². The fraction of sp³-hybridized carbons (Fsp3) is 0.188. The maximum Gasteiger partial charge on any atom is 0.269 e. The lowest BCUT2D eigenvalue weighted by Crippen LogP contribution is -2.20. The van der Waals surface area contributed by atoms with Crippen LogP contribution in [0.5, 0.6) is 5.75 Å². The van der Waals surface area contributed by atoms with Gasteiger partial charge in [0.2, 0.25) is 5.95 Å². The molecule has 1 aromatic carbocycles. The first kappa shape index (κ1) is 15.5. The van der Waals surface area contributed by atoms with Crippen LogP contribution in [0.3, 0.4) is 0 Å². The third-order valence-corrected chi connectivity index (χ3v) is 2.84. The zero-order valence-corrected chi connectivity index (χ0v) is 12.6. The Hall–Kier alpha value is -2.89. The smallest absolute Gasteiger partial charge is 0.269 e. The van der Waals surface area contributed by atoms with Gasteiger partial charge in [0, 0.05) is 12.6 Å². The van der Waals surface area contributed by atoms with Gasteiger partial charge in [-0.1, -0.05) is 18.7 Å². The summed E-state index contributed by atoms with van der Waals surface area (Å²) in [5.74, 6) is 0.355. The van der Waals surface area contributed by atoms with Gasteiger partial charge in [-0.3, -0.25) is 4.79 Å². The van der Waals surface area contributed by atoms with Gasteiger partial charge in [-0.2, -0.15) is 0 Å². The van der Waals surface area contributed by atoms with E-state index in [1.807, 2.05) is 31.2 Å². The number of ether oxygens (including phenoxy) is 1. The van der Waals surface area contributed by atoms with E-state index in [4.69, 9.17) is 10.5 Å². The molecule has 0 aliphatic carbocycles. The Morgan fingerprint density at radius 1 is 1.36 bits per heavy atom. The van der Waals surface area contributed by atoms with Crippen molar-refractivity contribution >= 4 is 11.9 Å². The van der Waals surface area contributed by atoms with Gasteiger partial charge in [0.05, 0.1) is 5.69 Å². The summed E-state index contributed by atoms with van der Waals surface area (Å²) in [6.45, 7) is 6.10. The summed E-state index contributed by atoms with van der Waals surface area (Å²) in [6, 6.07) is 8.99. The standard InChI is InChI=1S/C16H18N4O2/c1-10(2)9-22-14-7-5-4-6-11(14)12-8-13(15(21)18-3)20-16(17)19-12/h4-8H,1,9H2,2-3H3,(H,18,21)(H2,17,19,20). The van der Waals surface area contributed by atoms with Crippen LogP contribution in [-0.2, 0) is 0 Å². The second-order valence-corrected chi connectivity index (χ2v) is 4.82. The molecule has 2 aromatic rings. The predicted molar refractivity (Wildman–Crippen MR) is 85.6 cm³/mol. The molecule has 114 valence electrons. The van der Waals surface area contributed by atoms with Crippen molar-refractivity contribution in [2.45, 2.75) is 6.92 Å². The number of nitrogens with two attached hydrogens (primary N) is 1. The molecule has 6 heteroatoms. The van der Waals surface area contributed by atoms with Crippen LogP contribution in [0.2, 0.25) is 0 Å². The Kier molecular flexibility index (Phi) is 4.73. The zero-order chi connectivity index (χ0) is 16.1. The quantitative estimate of drug-likeness (QED) is 0.824. The highest BCUT2D eigenvalue weighted by atomic mass is 16.5. The van der Waals surface area contributed by atoms with Crippen LogP contribution in [0, 0.1) is 0 Å². The van der Waals surface area contributed by atoms with Crippen molar-refractivity contribution in [3.63, 3.8) is 0 Å². The SMILES string of the molecule is C=C(C)COc1ccccc1-c1cc(C(=O)NC)nc(N)n1. The second-order valence-electron chi connectivity index (χ2n) is 4.82. The molecule has 1 amide bonds. The molecule has 6 nitrogen and oxygen atoms in total. The van der Waals surface area contributed by atoms with Crippen LogP contribution in [-0.4, -0.2) is 29.5 Å². The number of carbonyl (C=O) groups excluding carboxylic acids is 1. The number of amides is 1. The molecule has 0 saturated carbocycles. The minimum Gasteiger partial charge on any atom is -0.489 e. The number of nitrogen functional groups attached to an aromatic ring is 1. The van der Waals surface area contributed by atoms with E-state index in [-0.39, 0.29) is 17.5 Å². The first-order valence-electron chi connectivity index (χ1n) is 6.74. The number of nitrogens with one attached hydrogen (secondary N) is 1. The van der Waals surface area contributed by atoms with Crippen molar-refractivity contribution in [2.24, 2.45) is 0 Å². The van der Waals surface area contributed by atoms with Crippen molar-refractivity contribution in [1.82, 2.24) is 15.3 Å². The van der Waals surface area contributed by atoms with E-state index in [1.165, 1.54) is 7.05 Å². The molecule has 0 unspecified atom stereocenters. The highest BCUT2D eigenvalue weighted by molar-refractivity contribution is 5.93. The maximum atomic E-state index is 11.7. The van der Waals surface area contributed by atoms with Gasteiger partial charge in [-0.25, -0.2) is 9.97 Å². The molecule has 0 spiro atoms. The topological polar surface area (TPSA) is 90.1 Å². The van der Waals surface area contributed by atoms with Crippen LogP contribution >= 0.6 is 0 Å². The monoisotopic (exact) mass is 298 g/mol. The molecule has 0 bridgehead atoms. The number of benzene rings is 1. The molecular formula is C16H18N4O2. The number of para-hydroxylation sites is 1. The van der Waals surface area contributed by atoms with Gasteiger partial charge in [-0.15, -0.1) is 0 Å². The fourth-order valence-electron chi connectivity index (χ4n) is 1.85. The van der Waals surface area contributed by atoms with Crippen molar-refractivity contribution in [3.05, 3.63) is 48.2 Å². The summed E-state index contributed by atoms with van der Waals surface area (Å²) in [5, 5.41) is 2.51. The highest BCUT2D eigenvalue weighted by Gasteiger charge is 2.13. The maximum absolute atomic E-state index is 11.7. The number of nitrogens with zero attached hydrogens (tertiary/aromatic N) is 2. The summed E-state index contributed by atoms with van der Waals surface area (Å²) in [4.78, 5) is 19.9. The van der Waals surface area contributed by atoms with Crippen molar-refractivity contribution in [2.75, 3.05) is 19.4 Å². The minimum absolute atomic E-state index is 0.0332. The van der Waals surface area contributed by atoms with E-state index in [1.54, 1.807) is 6.07 Å². The summed E-state index contributed by atoms with van der Waals surface area (Å²) >= 11 is 0. The Labute approximate surface area is 129 Å². The molecule has 0 fully saturated rings. The van der Waals surface area contributed by atoms with Gasteiger partial charge in [-0.05, 0) is 30.7 Å². The molecule has 0 aliphatic rings. The van der Waals surface area contributed by atoms with Crippen molar-refractivity contribution in [3.8, 4) is 17.0 Å². The van der Waals surface area contributed by atoms with Gasteiger partial charge >= 0.3 is 0 Å². The lowest BCUT2D eigenvalue weighted by atomic mass is 10.1. The summed E-state index contributed by atoms with van der Waals surface area (Å²) in [6.07, 6.45) is 0. The predicted octanol–water partition coefficient (Wildman–Crippen LogP) is 2.04. The number of carbonyl (C=O) groups is 1. The minimum atomic E-state index is -0.323. The normalized spacial score (nSPS) is 10.1. The average molecular weight is 298 g/mol. The van der Waals surface area contributed by atoms with Crippen molar-refractivity contribution < 1.29 is 9.53 Å². The van der Waals surface area contributed by atoms with E-state index in [0.717, 1.165) is 11.1 Å². The van der Waals surface area contributed by atoms with E-state index < -0.39 is 0 Å². The van der Waals surface area contributed by atoms with Crippen molar-refractivity contribution in [1.29, 1.82) is 0 Å². The fourth-order valence-corrected chi connectivity index (χ4v) is 1.85. The molecular weight excluding hydrogens is 280 g/mol. The number of rotatable bonds is 5. The molecule has 0 radical (unpaired) electrons. The Morgan fingerprint density at radius 2 is 2.09 bits per heavy atom.